The number of benzene rings is 1. The van der Waals surface area contributed by atoms with Crippen molar-refractivity contribution < 1.29 is 19.2 Å². The molecule has 0 spiro atoms. The smallest absolute Gasteiger partial charge is 0.374 e. The molecule has 0 saturated carbocycles. The van der Waals surface area contributed by atoms with E-state index >= 15 is 0 Å². The molecule has 0 atom stereocenters. The van der Waals surface area contributed by atoms with Gasteiger partial charge >= 0.3 is 5.97 Å². The van der Waals surface area contributed by atoms with E-state index in [1.165, 1.54) is 6.07 Å². The van der Waals surface area contributed by atoms with Crippen molar-refractivity contribution in [1.29, 1.82) is 0 Å². The molecule has 0 amide bonds. The zero-order valence-electron chi connectivity index (χ0n) is 9.73. The molecule has 1 N–H and O–H groups in total. The summed E-state index contributed by atoms with van der Waals surface area (Å²) < 4.78 is 10.8. The van der Waals surface area contributed by atoms with Gasteiger partial charge in [0.2, 0.25) is 5.76 Å². The lowest BCUT2D eigenvalue weighted by Crippen LogP contribution is -1.92. The van der Waals surface area contributed by atoms with Crippen LogP contribution in [0.3, 0.4) is 0 Å². The van der Waals surface area contributed by atoms with Crippen molar-refractivity contribution in [3.8, 4) is 17.0 Å². The Balaban J connectivity index is 2.55. The summed E-state index contributed by atoms with van der Waals surface area (Å²) in [5.41, 5.74) is 2.16. The summed E-state index contributed by atoms with van der Waals surface area (Å²) in [6.07, 6.45) is 0. The fourth-order valence-electron chi connectivity index (χ4n) is 1.54. The molecule has 0 aliphatic heterocycles. The number of ether oxygens (including phenoxy) is 1. The Kier molecular flexibility index (Phi) is 3.38. The van der Waals surface area contributed by atoms with E-state index in [4.69, 9.17) is 14.4 Å². The molecule has 1 aromatic carbocycles. The minimum Gasteiger partial charge on any atom is -0.497 e. The maximum absolute atomic E-state index is 10.8. The molecule has 94 valence electrons. The predicted octanol–water partition coefficient (Wildman–Crippen LogP) is 3.12. The Morgan fingerprint density at radius 1 is 1.44 bits per heavy atom. The average Bonchev–Trinajstić information content (AvgIpc) is 2.82. The Bertz CT molecular complexity index is 606. The summed E-state index contributed by atoms with van der Waals surface area (Å²) in [5, 5.41) is 12.6. The van der Waals surface area contributed by atoms with Crippen molar-refractivity contribution in [2.24, 2.45) is 0 Å². The molecule has 0 unspecified atom stereocenters. The molecule has 0 aliphatic rings. The molecular weight excluding hydrogens is 302 g/mol. The molecular formula is C12H10BrNO4. The molecule has 18 heavy (non-hydrogen) atoms. The minimum atomic E-state index is -1.15. The zero-order valence-corrected chi connectivity index (χ0v) is 11.3. The summed E-state index contributed by atoms with van der Waals surface area (Å²) in [6, 6.07) is 5.00. The molecule has 1 aromatic heterocycles. The number of hydrogen-bond donors (Lipinski definition) is 1. The Labute approximate surface area is 111 Å². The van der Waals surface area contributed by atoms with E-state index in [9.17, 15) is 4.79 Å². The van der Waals surface area contributed by atoms with Crippen LogP contribution < -0.4 is 4.74 Å². The van der Waals surface area contributed by atoms with Gasteiger partial charge in [0.05, 0.1) is 7.11 Å². The monoisotopic (exact) mass is 311 g/mol. The van der Waals surface area contributed by atoms with Crippen molar-refractivity contribution in [2.45, 2.75) is 6.92 Å². The van der Waals surface area contributed by atoms with E-state index in [1.54, 1.807) is 13.2 Å². The maximum atomic E-state index is 10.8. The van der Waals surface area contributed by atoms with E-state index in [0.29, 0.717) is 11.4 Å². The van der Waals surface area contributed by atoms with Gasteiger partial charge in [0.25, 0.3) is 0 Å². The van der Waals surface area contributed by atoms with E-state index in [0.717, 1.165) is 15.6 Å². The van der Waals surface area contributed by atoms with Crippen LogP contribution >= 0.6 is 15.9 Å². The number of aromatic nitrogens is 1. The second-order valence-corrected chi connectivity index (χ2v) is 4.52. The SMILES string of the molecule is COc1cc(Br)c(C)c(-c2cc(C(=O)O)on2)c1. The number of carbonyl (C=O) groups is 1. The number of carboxylic acid groups (broad SMARTS) is 1. The molecule has 0 saturated heterocycles. The number of methoxy groups -OCH3 is 1. The van der Waals surface area contributed by atoms with Crippen LogP contribution in [0.25, 0.3) is 11.3 Å². The quantitative estimate of drug-likeness (QED) is 0.942. The maximum Gasteiger partial charge on any atom is 0.374 e. The number of rotatable bonds is 3. The first-order valence-electron chi connectivity index (χ1n) is 5.07. The second kappa shape index (κ2) is 4.81. The van der Waals surface area contributed by atoms with E-state index in [1.807, 2.05) is 13.0 Å². The summed E-state index contributed by atoms with van der Waals surface area (Å²) in [4.78, 5) is 10.8. The van der Waals surface area contributed by atoms with Crippen molar-refractivity contribution in [2.75, 3.05) is 7.11 Å². The third-order valence-corrected chi connectivity index (χ3v) is 3.37. The van der Waals surface area contributed by atoms with Crippen LogP contribution in [0.2, 0.25) is 0 Å². The van der Waals surface area contributed by atoms with Crippen molar-refractivity contribution >= 4 is 21.9 Å². The molecule has 5 nitrogen and oxygen atoms in total. The number of carboxylic acids is 1. The van der Waals surface area contributed by atoms with Crippen LogP contribution in [0.5, 0.6) is 5.75 Å². The first kappa shape index (κ1) is 12.6. The third-order valence-electron chi connectivity index (χ3n) is 2.55. The Morgan fingerprint density at radius 2 is 2.17 bits per heavy atom. The second-order valence-electron chi connectivity index (χ2n) is 3.66. The number of hydrogen-bond acceptors (Lipinski definition) is 4. The number of halogens is 1. The third kappa shape index (κ3) is 2.24. The molecule has 0 fully saturated rings. The van der Waals surface area contributed by atoms with Crippen molar-refractivity contribution in [3.05, 3.63) is 34.0 Å². The van der Waals surface area contributed by atoms with Gasteiger partial charge < -0.3 is 14.4 Å². The van der Waals surface area contributed by atoms with Gasteiger partial charge in [0, 0.05) is 16.1 Å². The topological polar surface area (TPSA) is 72.6 Å². The minimum absolute atomic E-state index is 0.191. The van der Waals surface area contributed by atoms with Crippen LogP contribution in [-0.2, 0) is 0 Å². The molecule has 6 heteroatoms. The molecule has 0 radical (unpaired) electrons. The predicted molar refractivity (Wildman–Crippen MR) is 67.9 cm³/mol. The fourth-order valence-corrected chi connectivity index (χ4v) is 1.98. The number of aromatic carboxylic acids is 1. The summed E-state index contributed by atoms with van der Waals surface area (Å²) in [7, 11) is 1.56. The zero-order chi connectivity index (χ0) is 13.3. The van der Waals surface area contributed by atoms with Crippen LogP contribution in [0.15, 0.2) is 27.2 Å². The van der Waals surface area contributed by atoms with Crippen LogP contribution in [0.1, 0.15) is 16.1 Å². The van der Waals surface area contributed by atoms with Gasteiger partial charge in [-0.15, -0.1) is 0 Å². The fraction of sp³-hybridized carbons (Fsp3) is 0.167. The lowest BCUT2D eigenvalue weighted by molar-refractivity contribution is 0.0652. The van der Waals surface area contributed by atoms with Gasteiger partial charge in [-0.3, -0.25) is 0 Å². The summed E-state index contributed by atoms with van der Waals surface area (Å²) in [5.74, 6) is -0.681. The normalized spacial score (nSPS) is 10.4. The number of nitrogens with zero attached hydrogens (tertiary/aromatic N) is 1. The summed E-state index contributed by atoms with van der Waals surface area (Å²) in [6.45, 7) is 1.90. The van der Waals surface area contributed by atoms with Crippen LogP contribution in [0.4, 0.5) is 0 Å². The summed E-state index contributed by atoms with van der Waals surface area (Å²) >= 11 is 3.42. The first-order chi connectivity index (χ1) is 8.52. The molecule has 0 bridgehead atoms. The van der Waals surface area contributed by atoms with Gasteiger partial charge in [-0.25, -0.2) is 4.79 Å². The molecule has 2 aromatic rings. The standard InChI is InChI=1S/C12H10BrNO4/c1-6-8(3-7(17-2)4-9(6)13)10-5-11(12(15)16)18-14-10/h3-5H,1-2H3,(H,15,16). The highest BCUT2D eigenvalue weighted by Gasteiger charge is 2.15. The van der Waals surface area contributed by atoms with E-state index in [2.05, 4.69) is 21.1 Å². The van der Waals surface area contributed by atoms with E-state index < -0.39 is 5.97 Å². The van der Waals surface area contributed by atoms with Crippen molar-refractivity contribution in [1.82, 2.24) is 5.16 Å². The van der Waals surface area contributed by atoms with Gasteiger partial charge in [-0.1, -0.05) is 21.1 Å². The molecule has 0 aliphatic carbocycles. The lowest BCUT2D eigenvalue weighted by atomic mass is 10.1. The van der Waals surface area contributed by atoms with Gasteiger partial charge in [0.15, 0.2) is 0 Å². The van der Waals surface area contributed by atoms with Crippen LogP contribution in [0, 0.1) is 6.92 Å². The Hall–Kier alpha value is -1.82. The Morgan fingerprint density at radius 3 is 2.72 bits per heavy atom. The highest BCUT2D eigenvalue weighted by molar-refractivity contribution is 9.10. The largest absolute Gasteiger partial charge is 0.497 e. The van der Waals surface area contributed by atoms with Gasteiger partial charge in [-0.2, -0.15) is 0 Å². The van der Waals surface area contributed by atoms with Crippen molar-refractivity contribution in [3.63, 3.8) is 0 Å². The highest BCUT2D eigenvalue weighted by Crippen LogP contribution is 2.33. The van der Waals surface area contributed by atoms with Gasteiger partial charge in [0.1, 0.15) is 11.4 Å². The molecule has 1 heterocycles. The van der Waals surface area contributed by atoms with Gasteiger partial charge in [-0.05, 0) is 24.6 Å². The lowest BCUT2D eigenvalue weighted by Gasteiger charge is -2.08. The molecule has 2 rings (SSSR count). The average molecular weight is 312 g/mol. The highest BCUT2D eigenvalue weighted by atomic mass is 79.9. The first-order valence-corrected chi connectivity index (χ1v) is 5.86. The van der Waals surface area contributed by atoms with Crippen LogP contribution in [-0.4, -0.2) is 23.3 Å². The van der Waals surface area contributed by atoms with E-state index in [-0.39, 0.29) is 5.76 Å².